The highest BCUT2D eigenvalue weighted by Gasteiger charge is 2.28. The van der Waals surface area contributed by atoms with Crippen molar-refractivity contribution < 1.29 is 9.21 Å². The van der Waals surface area contributed by atoms with Gasteiger partial charge in [0.2, 0.25) is 0 Å². The molecule has 0 saturated carbocycles. The molecule has 0 aliphatic carbocycles. The van der Waals surface area contributed by atoms with Gasteiger partial charge in [-0.05, 0) is 25.1 Å². The Kier molecular flexibility index (Phi) is 3.94. The van der Waals surface area contributed by atoms with Crippen molar-refractivity contribution in [3.05, 3.63) is 41.4 Å². The van der Waals surface area contributed by atoms with E-state index in [1.54, 1.807) is 18.0 Å². The summed E-state index contributed by atoms with van der Waals surface area (Å²) in [7, 11) is 1.80. The Morgan fingerprint density at radius 1 is 1.48 bits per heavy atom. The molecular weight excluding hydrogens is 290 g/mol. The number of carbonyl (C=O) groups is 1. The molecule has 6 heteroatoms. The minimum atomic E-state index is -0.146. The van der Waals surface area contributed by atoms with E-state index < -0.39 is 0 Å². The molecule has 21 heavy (non-hydrogen) atoms. The van der Waals surface area contributed by atoms with Crippen LogP contribution in [0.3, 0.4) is 0 Å². The molecule has 5 nitrogen and oxygen atoms in total. The fourth-order valence-corrected chi connectivity index (χ4v) is 2.76. The van der Waals surface area contributed by atoms with Crippen LogP contribution in [0, 0.1) is 0 Å². The van der Waals surface area contributed by atoms with E-state index in [0.29, 0.717) is 22.0 Å². The van der Waals surface area contributed by atoms with Gasteiger partial charge in [0.15, 0.2) is 17.8 Å². The lowest BCUT2D eigenvalue weighted by Gasteiger charge is -2.23. The predicted octanol–water partition coefficient (Wildman–Crippen LogP) is 2.43. The molecule has 0 bridgehead atoms. The minimum Gasteiger partial charge on any atom is -0.443 e. The van der Waals surface area contributed by atoms with Crippen LogP contribution < -0.4 is 5.32 Å². The van der Waals surface area contributed by atoms with Crippen LogP contribution in [0.5, 0.6) is 0 Å². The van der Waals surface area contributed by atoms with E-state index in [2.05, 4.69) is 10.3 Å². The molecule has 1 N–H and O–H groups in total. The van der Waals surface area contributed by atoms with Gasteiger partial charge in [0.1, 0.15) is 0 Å². The molecule has 1 atom stereocenters. The highest BCUT2D eigenvalue weighted by molar-refractivity contribution is 6.33. The Bertz CT molecular complexity index is 650. The van der Waals surface area contributed by atoms with Gasteiger partial charge in [0.05, 0.1) is 5.02 Å². The van der Waals surface area contributed by atoms with Crippen molar-refractivity contribution in [2.24, 2.45) is 0 Å². The Hall–Kier alpha value is -1.85. The van der Waals surface area contributed by atoms with Crippen molar-refractivity contribution >= 4 is 17.5 Å². The quantitative estimate of drug-likeness (QED) is 0.946. The van der Waals surface area contributed by atoms with Gasteiger partial charge < -0.3 is 14.6 Å². The first-order valence-electron chi connectivity index (χ1n) is 6.84. The third-order valence-electron chi connectivity index (χ3n) is 3.79. The summed E-state index contributed by atoms with van der Waals surface area (Å²) < 4.78 is 5.41. The third-order valence-corrected chi connectivity index (χ3v) is 4.12. The van der Waals surface area contributed by atoms with Crippen LogP contribution in [-0.2, 0) is 0 Å². The van der Waals surface area contributed by atoms with E-state index >= 15 is 0 Å². The van der Waals surface area contributed by atoms with Crippen molar-refractivity contribution in [1.82, 2.24) is 15.2 Å². The molecule has 0 radical (unpaired) electrons. The second kappa shape index (κ2) is 5.87. The highest BCUT2D eigenvalue weighted by Crippen LogP contribution is 2.30. The number of hydrogen-bond acceptors (Lipinski definition) is 4. The number of nitrogens with zero attached hydrogens (tertiary/aromatic N) is 2. The van der Waals surface area contributed by atoms with Crippen molar-refractivity contribution in [1.29, 1.82) is 0 Å². The fraction of sp³-hybridized carbons (Fsp3) is 0.333. The van der Waals surface area contributed by atoms with Gasteiger partial charge in [-0.1, -0.05) is 23.7 Å². The smallest absolute Gasteiger partial charge is 0.276 e. The summed E-state index contributed by atoms with van der Waals surface area (Å²) in [5.74, 6) is 0.274. The fourth-order valence-electron chi connectivity index (χ4n) is 2.54. The molecule has 3 rings (SSSR count). The molecule has 1 aliphatic heterocycles. The van der Waals surface area contributed by atoms with Gasteiger partial charge in [-0.3, -0.25) is 4.79 Å². The number of benzene rings is 1. The average Bonchev–Trinajstić information content (AvgIpc) is 3.17. The molecule has 2 aromatic rings. The molecule has 1 amide bonds. The average molecular weight is 306 g/mol. The third kappa shape index (κ3) is 2.66. The molecule has 1 aliphatic rings. The number of amides is 1. The molecule has 1 aromatic carbocycles. The standard InChI is InChI=1S/C15H16ClN3O2/c1-19(10-6-7-17-8-10)15(20)13-14(21-9-18-13)11-4-2-3-5-12(11)16/h2-5,9-10,17H,6-8H2,1H3. The van der Waals surface area contributed by atoms with Crippen LogP contribution in [0.4, 0.5) is 0 Å². The predicted molar refractivity (Wildman–Crippen MR) is 80.3 cm³/mol. The Labute approximate surface area is 127 Å². The zero-order valence-corrected chi connectivity index (χ0v) is 12.4. The SMILES string of the molecule is CN(C(=O)c1ncoc1-c1ccccc1Cl)C1CCNC1. The topological polar surface area (TPSA) is 58.4 Å². The summed E-state index contributed by atoms with van der Waals surface area (Å²) in [4.78, 5) is 18.4. The van der Waals surface area contributed by atoms with E-state index in [0.717, 1.165) is 19.5 Å². The number of aromatic nitrogens is 1. The van der Waals surface area contributed by atoms with Crippen LogP contribution in [0.25, 0.3) is 11.3 Å². The number of carbonyl (C=O) groups excluding carboxylic acids is 1. The zero-order valence-electron chi connectivity index (χ0n) is 11.7. The summed E-state index contributed by atoms with van der Waals surface area (Å²) >= 11 is 6.18. The van der Waals surface area contributed by atoms with Gasteiger partial charge in [-0.15, -0.1) is 0 Å². The summed E-state index contributed by atoms with van der Waals surface area (Å²) in [5, 5.41) is 3.79. The maximum Gasteiger partial charge on any atom is 0.276 e. The van der Waals surface area contributed by atoms with E-state index in [4.69, 9.17) is 16.0 Å². The van der Waals surface area contributed by atoms with Gasteiger partial charge in [0.25, 0.3) is 5.91 Å². The second-order valence-electron chi connectivity index (χ2n) is 5.07. The lowest BCUT2D eigenvalue weighted by Crippen LogP contribution is -2.38. The number of oxazole rings is 1. The van der Waals surface area contributed by atoms with Crippen LogP contribution in [0.15, 0.2) is 35.1 Å². The van der Waals surface area contributed by atoms with Crippen LogP contribution in [0.1, 0.15) is 16.9 Å². The number of halogens is 1. The van der Waals surface area contributed by atoms with Gasteiger partial charge in [-0.25, -0.2) is 4.98 Å². The van der Waals surface area contributed by atoms with Crippen LogP contribution >= 0.6 is 11.6 Å². The molecule has 1 aromatic heterocycles. The van der Waals surface area contributed by atoms with Crippen molar-refractivity contribution in [3.8, 4) is 11.3 Å². The van der Waals surface area contributed by atoms with Crippen molar-refractivity contribution in [3.63, 3.8) is 0 Å². The Morgan fingerprint density at radius 2 is 2.29 bits per heavy atom. The lowest BCUT2D eigenvalue weighted by molar-refractivity contribution is 0.0739. The number of nitrogens with one attached hydrogen (secondary N) is 1. The molecule has 110 valence electrons. The molecule has 0 spiro atoms. The van der Waals surface area contributed by atoms with Crippen LogP contribution in [-0.4, -0.2) is 42.0 Å². The molecular formula is C15H16ClN3O2. The highest BCUT2D eigenvalue weighted by atomic mass is 35.5. The minimum absolute atomic E-state index is 0.146. The molecule has 1 fully saturated rings. The molecule has 2 heterocycles. The first-order valence-corrected chi connectivity index (χ1v) is 7.22. The van der Waals surface area contributed by atoms with Crippen molar-refractivity contribution in [2.75, 3.05) is 20.1 Å². The van der Waals surface area contributed by atoms with Gasteiger partial charge in [-0.2, -0.15) is 0 Å². The lowest BCUT2D eigenvalue weighted by atomic mass is 10.1. The largest absolute Gasteiger partial charge is 0.443 e. The van der Waals surface area contributed by atoms with E-state index in [-0.39, 0.29) is 11.9 Å². The molecule has 1 unspecified atom stereocenters. The monoisotopic (exact) mass is 305 g/mol. The van der Waals surface area contributed by atoms with Crippen molar-refractivity contribution in [2.45, 2.75) is 12.5 Å². The summed E-state index contributed by atoms with van der Waals surface area (Å²) in [6.45, 7) is 1.74. The maximum absolute atomic E-state index is 12.6. The molecule has 1 saturated heterocycles. The van der Waals surface area contributed by atoms with E-state index in [1.807, 2.05) is 18.2 Å². The Morgan fingerprint density at radius 3 is 3.00 bits per heavy atom. The van der Waals surface area contributed by atoms with Gasteiger partial charge >= 0.3 is 0 Å². The summed E-state index contributed by atoms with van der Waals surface area (Å²) in [5.41, 5.74) is 0.982. The normalized spacial score (nSPS) is 17.9. The first-order chi connectivity index (χ1) is 10.2. The number of rotatable bonds is 3. The first kappa shape index (κ1) is 14.1. The zero-order chi connectivity index (χ0) is 14.8. The number of likely N-dealkylation sites (N-methyl/N-ethyl adjacent to an activating group) is 1. The number of hydrogen-bond donors (Lipinski definition) is 1. The maximum atomic E-state index is 12.6. The van der Waals surface area contributed by atoms with Gasteiger partial charge in [0, 0.05) is 25.2 Å². The Balaban J connectivity index is 1.92. The second-order valence-corrected chi connectivity index (χ2v) is 5.48. The van der Waals surface area contributed by atoms with E-state index in [1.165, 1.54) is 6.39 Å². The summed E-state index contributed by atoms with van der Waals surface area (Å²) in [6.07, 6.45) is 2.23. The summed E-state index contributed by atoms with van der Waals surface area (Å²) in [6, 6.07) is 7.45. The van der Waals surface area contributed by atoms with Crippen LogP contribution in [0.2, 0.25) is 5.02 Å². The van der Waals surface area contributed by atoms with E-state index in [9.17, 15) is 4.79 Å².